The summed E-state index contributed by atoms with van der Waals surface area (Å²) in [6.45, 7) is 0. The first-order valence-corrected chi connectivity index (χ1v) is 2.61. The molecule has 0 atom stereocenters. The van der Waals surface area contributed by atoms with Crippen LogP contribution in [0.5, 0.6) is 0 Å². The topological polar surface area (TPSA) is 80.4 Å². The van der Waals surface area contributed by atoms with Crippen molar-refractivity contribution in [2.24, 2.45) is 0 Å². The number of hydrogen-bond donors (Lipinski definition) is 3. The van der Waals surface area contributed by atoms with Crippen LogP contribution in [0.3, 0.4) is 0 Å². The van der Waals surface area contributed by atoms with Gasteiger partial charge in [0.15, 0.2) is 0 Å². The molecule has 0 amide bonds. The Morgan fingerprint density at radius 3 is 1.82 bits per heavy atom. The van der Waals surface area contributed by atoms with Gasteiger partial charge in [0.1, 0.15) is 0 Å². The van der Waals surface area contributed by atoms with Crippen molar-refractivity contribution < 1.29 is 120 Å². The number of carboxylic acid groups (broad SMARTS) is 1. The van der Waals surface area contributed by atoms with Crippen LogP contribution in [0.4, 0.5) is 0 Å². The maximum atomic E-state index is 9.87. The minimum Gasteiger partial charge on any atom is -1.00 e. The average Bonchev–Trinajstić information content (AvgIpc) is 1.65. The third-order valence-electron chi connectivity index (χ3n) is 0.542. The van der Waals surface area contributed by atoms with Crippen molar-refractivity contribution in [2.45, 2.75) is 4.20 Å². The smallest absolute Gasteiger partial charge is 1.00 e. The Balaban J connectivity index is -0.0000000533. The summed E-state index contributed by atoms with van der Waals surface area (Å²) >= 11 is 6.28. The molecule has 1 N–H and O–H groups in total. The first-order valence-electron chi connectivity index (χ1n) is 1.71. The van der Waals surface area contributed by atoms with Gasteiger partial charge in [-0.1, -0.05) is 25.3 Å². The number of hydrogen-bond acceptors (Lipinski definition) is 5. The SMILES string of the molecule is O=C(O)C(S)(S)[N+](=O)[O-].[H-].[H-].[K+].[K+]. The van der Waals surface area contributed by atoms with Gasteiger partial charge in [-0.05, 0) is 0 Å². The van der Waals surface area contributed by atoms with Crippen LogP contribution in [0.15, 0.2) is 0 Å². The van der Waals surface area contributed by atoms with Gasteiger partial charge >= 0.3 is 113 Å². The molecule has 0 fully saturated rings. The molecular weight excluding hydrogens is 244 g/mol. The van der Waals surface area contributed by atoms with E-state index in [1.54, 1.807) is 0 Å². The van der Waals surface area contributed by atoms with Crippen molar-refractivity contribution in [1.82, 2.24) is 0 Å². The number of thiol groups is 2. The molecule has 0 aliphatic heterocycles. The van der Waals surface area contributed by atoms with Gasteiger partial charge in [0.25, 0.3) is 0 Å². The average molecular weight is 249 g/mol. The summed E-state index contributed by atoms with van der Waals surface area (Å²) in [4.78, 5) is 18.5. The third-order valence-corrected chi connectivity index (χ3v) is 1.25. The van der Waals surface area contributed by atoms with E-state index in [-0.39, 0.29) is 106 Å². The van der Waals surface area contributed by atoms with Crippen LogP contribution in [-0.4, -0.2) is 20.2 Å². The van der Waals surface area contributed by atoms with Crippen molar-refractivity contribution >= 4 is 31.2 Å². The molecule has 0 saturated heterocycles. The standard InChI is InChI=1S/C2H3NO4S2.2K.2H/c4-1(5)2(8,9)3(6)7;;;;/h8-9H,(H,4,5);;;;/q;2*+1;2*-1. The van der Waals surface area contributed by atoms with E-state index in [1.807, 2.05) is 0 Å². The summed E-state index contributed by atoms with van der Waals surface area (Å²) in [6, 6.07) is 0. The van der Waals surface area contributed by atoms with E-state index < -0.39 is 15.1 Å². The molecule has 0 aromatic rings. The van der Waals surface area contributed by atoms with Gasteiger partial charge in [-0.25, -0.2) is 4.79 Å². The summed E-state index contributed by atoms with van der Waals surface area (Å²) in [5.41, 5.74) is 0. The monoisotopic (exact) mass is 249 g/mol. The maximum Gasteiger partial charge on any atom is 1.00 e. The second kappa shape index (κ2) is 8.18. The van der Waals surface area contributed by atoms with Gasteiger partial charge in [-0.2, -0.15) is 0 Å². The van der Waals surface area contributed by atoms with E-state index in [9.17, 15) is 14.9 Å². The summed E-state index contributed by atoms with van der Waals surface area (Å²) in [7, 11) is 0. The second-order valence-electron chi connectivity index (χ2n) is 1.20. The van der Waals surface area contributed by atoms with Crippen molar-refractivity contribution in [3.8, 4) is 0 Å². The minimum atomic E-state index is -2.47. The third kappa shape index (κ3) is 6.85. The predicted molar refractivity (Wildman–Crippen MR) is 37.6 cm³/mol. The minimum absolute atomic E-state index is 0. The van der Waals surface area contributed by atoms with Gasteiger partial charge in [-0.15, -0.1) is 0 Å². The molecule has 0 aliphatic carbocycles. The first kappa shape index (κ1) is 19.4. The van der Waals surface area contributed by atoms with Gasteiger partial charge in [-0.3, -0.25) is 10.1 Å². The Kier molecular flexibility index (Phi) is 14.4. The van der Waals surface area contributed by atoms with Crippen LogP contribution in [-0.2, 0) is 4.79 Å². The molecule has 0 heterocycles. The molecule has 0 aromatic carbocycles. The first-order chi connectivity index (χ1) is 3.89. The number of carbonyl (C=O) groups is 1. The fourth-order valence-electron chi connectivity index (χ4n) is 0.0781. The summed E-state index contributed by atoms with van der Waals surface area (Å²) in [6.07, 6.45) is 0. The number of aliphatic carboxylic acids is 1. The second-order valence-corrected chi connectivity index (χ2v) is 2.84. The Hall–Kier alpha value is 2.84. The Morgan fingerprint density at radius 1 is 1.55 bits per heavy atom. The van der Waals surface area contributed by atoms with Crippen LogP contribution >= 0.6 is 25.3 Å². The zero-order chi connectivity index (χ0) is 7.65. The van der Waals surface area contributed by atoms with E-state index in [1.165, 1.54) is 0 Å². The Labute approximate surface area is 162 Å². The molecule has 0 saturated carbocycles. The van der Waals surface area contributed by atoms with E-state index in [0.717, 1.165) is 0 Å². The number of nitrogens with zero attached hydrogens (tertiary/aromatic N) is 1. The molecule has 11 heavy (non-hydrogen) atoms. The fraction of sp³-hybridized carbons (Fsp3) is 0.500. The van der Waals surface area contributed by atoms with Gasteiger partial charge in [0.05, 0.1) is 4.92 Å². The molecule has 5 nitrogen and oxygen atoms in total. The Morgan fingerprint density at radius 2 is 1.82 bits per heavy atom. The predicted octanol–water partition coefficient (Wildman–Crippen LogP) is -5.91. The molecule has 56 valence electrons. The molecule has 0 aromatic heterocycles. The van der Waals surface area contributed by atoms with E-state index >= 15 is 0 Å². The molecule has 0 unspecified atom stereocenters. The summed E-state index contributed by atoms with van der Waals surface area (Å²) in [5, 5.41) is 17.8. The molecule has 0 aliphatic rings. The van der Waals surface area contributed by atoms with Crippen molar-refractivity contribution in [1.29, 1.82) is 0 Å². The van der Waals surface area contributed by atoms with Crippen LogP contribution in [0, 0.1) is 10.1 Å². The quantitative estimate of drug-likeness (QED) is 0.150. The van der Waals surface area contributed by atoms with E-state index in [2.05, 4.69) is 25.3 Å². The molecule has 0 spiro atoms. The van der Waals surface area contributed by atoms with Crippen LogP contribution < -0.4 is 103 Å². The number of carboxylic acids is 1. The molecule has 0 radical (unpaired) electrons. The van der Waals surface area contributed by atoms with E-state index in [0.29, 0.717) is 0 Å². The van der Waals surface area contributed by atoms with Crippen LogP contribution in [0.2, 0.25) is 0 Å². The Bertz CT molecular complexity index is 154. The largest absolute Gasteiger partial charge is 1.00 e. The zero-order valence-corrected chi connectivity index (χ0v) is 14.0. The maximum absolute atomic E-state index is 9.87. The van der Waals surface area contributed by atoms with Crippen LogP contribution in [0.1, 0.15) is 2.85 Å². The van der Waals surface area contributed by atoms with Crippen LogP contribution in [0.25, 0.3) is 0 Å². The van der Waals surface area contributed by atoms with Gasteiger partial charge < -0.3 is 7.96 Å². The van der Waals surface area contributed by atoms with Crippen molar-refractivity contribution in [3.63, 3.8) is 0 Å². The van der Waals surface area contributed by atoms with Crippen molar-refractivity contribution in [2.75, 3.05) is 0 Å². The summed E-state index contributed by atoms with van der Waals surface area (Å²) in [5.74, 6) is -1.70. The van der Waals surface area contributed by atoms with E-state index in [4.69, 9.17) is 5.11 Å². The molecule has 9 heteroatoms. The van der Waals surface area contributed by atoms with Crippen molar-refractivity contribution in [3.05, 3.63) is 10.1 Å². The molecule has 0 bridgehead atoms. The number of nitro groups is 1. The normalized spacial score (nSPS) is 8.91. The fourth-order valence-corrected chi connectivity index (χ4v) is 0.0781. The zero-order valence-electron chi connectivity index (χ0n) is 8.01. The molecule has 0 rings (SSSR count). The number of rotatable bonds is 2. The molecular formula is C2H5K2NO4S2. The van der Waals surface area contributed by atoms with Gasteiger partial charge in [0.2, 0.25) is 0 Å². The summed E-state index contributed by atoms with van der Waals surface area (Å²) < 4.78 is -2.47. The van der Waals surface area contributed by atoms with Gasteiger partial charge in [0, 0.05) is 0 Å².